The minimum atomic E-state index is -3.37. The standard InChI is InChI=1S/C12H16N2O4S2/c1-18-12(15)10-8-4-5-13-6-9(8)19-11(10)14-20(16,17)7-2-3-7/h7,13-14H,2-6H2,1H3. The molecule has 0 radical (unpaired) electrons. The molecule has 0 amide bonds. The third kappa shape index (κ3) is 2.43. The van der Waals surface area contributed by atoms with Crippen LogP contribution in [-0.2, 0) is 27.7 Å². The molecule has 2 N–H and O–H groups in total. The van der Waals surface area contributed by atoms with E-state index in [1.54, 1.807) is 0 Å². The molecule has 1 aliphatic heterocycles. The highest BCUT2D eigenvalue weighted by atomic mass is 32.2. The summed E-state index contributed by atoms with van der Waals surface area (Å²) in [5.74, 6) is -0.474. The number of methoxy groups -OCH3 is 1. The monoisotopic (exact) mass is 316 g/mol. The number of anilines is 1. The van der Waals surface area contributed by atoms with Crippen molar-refractivity contribution >= 4 is 32.3 Å². The second-order valence-electron chi connectivity index (χ2n) is 4.97. The Kier molecular flexibility index (Phi) is 3.47. The minimum Gasteiger partial charge on any atom is -0.465 e. The van der Waals surface area contributed by atoms with Crippen LogP contribution in [0.1, 0.15) is 33.6 Å². The van der Waals surface area contributed by atoms with Gasteiger partial charge in [0.25, 0.3) is 0 Å². The molecule has 1 aromatic rings. The summed E-state index contributed by atoms with van der Waals surface area (Å²) in [7, 11) is -2.06. The van der Waals surface area contributed by atoms with Crippen molar-refractivity contribution in [2.75, 3.05) is 18.4 Å². The molecule has 0 atom stereocenters. The van der Waals surface area contributed by atoms with E-state index >= 15 is 0 Å². The van der Waals surface area contributed by atoms with Crippen molar-refractivity contribution in [3.63, 3.8) is 0 Å². The predicted octanol–water partition coefficient (Wildman–Crippen LogP) is 1.08. The Hall–Kier alpha value is -1.12. The Balaban J connectivity index is 2.00. The van der Waals surface area contributed by atoms with Gasteiger partial charge in [-0.1, -0.05) is 0 Å². The fourth-order valence-electron chi connectivity index (χ4n) is 2.32. The fourth-order valence-corrected chi connectivity index (χ4v) is 5.17. The number of carbonyl (C=O) groups is 1. The quantitative estimate of drug-likeness (QED) is 0.812. The molecule has 2 heterocycles. The molecule has 8 heteroatoms. The number of nitrogens with one attached hydrogen (secondary N) is 2. The first kappa shape index (κ1) is 13.8. The van der Waals surface area contributed by atoms with Gasteiger partial charge < -0.3 is 10.1 Å². The number of hydrogen-bond donors (Lipinski definition) is 2. The number of rotatable bonds is 4. The fraction of sp³-hybridized carbons (Fsp3) is 0.583. The Labute approximate surface area is 121 Å². The number of carbonyl (C=O) groups excluding carboxylic acids is 1. The summed E-state index contributed by atoms with van der Waals surface area (Å²) in [5, 5.41) is 3.30. The second-order valence-corrected chi connectivity index (χ2v) is 8.04. The first-order valence-electron chi connectivity index (χ1n) is 6.48. The zero-order valence-corrected chi connectivity index (χ0v) is 12.7. The zero-order chi connectivity index (χ0) is 14.3. The van der Waals surface area contributed by atoms with Crippen molar-refractivity contribution in [1.29, 1.82) is 0 Å². The number of esters is 1. The largest absolute Gasteiger partial charge is 0.465 e. The maximum atomic E-state index is 12.1. The molecule has 0 bridgehead atoms. The van der Waals surface area contributed by atoms with Crippen molar-refractivity contribution in [2.24, 2.45) is 0 Å². The number of thiophene rings is 1. The molecule has 1 aromatic heterocycles. The third-order valence-corrected chi connectivity index (χ3v) is 6.63. The zero-order valence-electron chi connectivity index (χ0n) is 11.1. The predicted molar refractivity (Wildman–Crippen MR) is 76.6 cm³/mol. The van der Waals surface area contributed by atoms with Crippen LogP contribution in [0.2, 0.25) is 0 Å². The highest BCUT2D eigenvalue weighted by molar-refractivity contribution is 7.93. The molecular formula is C12H16N2O4S2. The van der Waals surface area contributed by atoms with E-state index < -0.39 is 16.0 Å². The van der Waals surface area contributed by atoms with E-state index in [1.807, 2.05) is 0 Å². The number of sulfonamides is 1. The van der Waals surface area contributed by atoms with E-state index in [2.05, 4.69) is 10.0 Å². The summed E-state index contributed by atoms with van der Waals surface area (Å²) in [5.41, 5.74) is 1.30. The molecular weight excluding hydrogens is 300 g/mol. The van der Waals surface area contributed by atoms with Crippen LogP contribution in [0.4, 0.5) is 5.00 Å². The van der Waals surface area contributed by atoms with Crippen LogP contribution in [0.15, 0.2) is 0 Å². The van der Waals surface area contributed by atoms with Gasteiger partial charge in [0.05, 0.1) is 17.9 Å². The summed E-state index contributed by atoms with van der Waals surface area (Å²) in [6.07, 6.45) is 2.09. The second kappa shape index (κ2) is 5.01. The van der Waals surface area contributed by atoms with Crippen LogP contribution in [-0.4, -0.2) is 33.3 Å². The SMILES string of the molecule is COC(=O)c1c(NS(=O)(=O)C2CC2)sc2c1CCNC2. The van der Waals surface area contributed by atoms with Crippen molar-refractivity contribution in [3.8, 4) is 0 Å². The molecule has 0 saturated heterocycles. The number of hydrogen-bond acceptors (Lipinski definition) is 6. The normalized spacial score (nSPS) is 18.4. The molecule has 3 rings (SSSR count). The lowest BCUT2D eigenvalue weighted by atomic mass is 10.0. The van der Waals surface area contributed by atoms with Crippen molar-refractivity contribution < 1.29 is 17.9 Å². The molecule has 1 aliphatic carbocycles. The highest BCUT2D eigenvalue weighted by Gasteiger charge is 2.37. The molecule has 2 aliphatic rings. The van der Waals surface area contributed by atoms with Gasteiger partial charge in [-0.05, 0) is 31.4 Å². The van der Waals surface area contributed by atoms with Crippen LogP contribution < -0.4 is 10.0 Å². The van der Waals surface area contributed by atoms with E-state index in [4.69, 9.17) is 4.74 Å². The van der Waals surface area contributed by atoms with Gasteiger partial charge in [0.15, 0.2) is 0 Å². The molecule has 1 saturated carbocycles. The smallest absolute Gasteiger partial charge is 0.341 e. The molecule has 0 aromatic carbocycles. The topological polar surface area (TPSA) is 84.5 Å². The molecule has 0 spiro atoms. The summed E-state index contributed by atoms with van der Waals surface area (Å²) in [6.45, 7) is 1.44. The van der Waals surface area contributed by atoms with Crippen LogP contribution >= 0.6 is 11.3 Å². The van der Waals surface area contributed by atoms with Crippen LogP contribution in [0.5, 0.6) is 0 Å². The lowest BCUT2D eigenvalue weighted by Crippen LogP contribution is -2.23. The third-order valence-electron chi connectivity index (χ3n) is 3.52. The average Bonchev–Trinajstić information content (AvgIpc) is 3.21. The van der Waals surface area contributed by atoms with Gasteiger partial charge in [-0.25, -0.2) is 13.2 Å². The molecule has 6 nitrogen and oxygen atoms in total. The number of fused-ring (bicyclic) bond motifs is 1. The van der Waals surface area contributed by atoms with Gasteiger partial charge >= 0.3 is 5.97 Å². The molecule has 110 valence electrons. The minimum absolute atomic E-state index is 0.315. The van der Waals surface area contributed by atoms with Crippen LogP contribution in [0.25, 0.3) is 0 Å². The molecule has 1 fully saturated rings. The van der Waals surface area contributed by atoms with E-state index in [9.17, 15) is 13.2 Å². The summed E-state index contributed by atoms with van der Waals surface area (Å²) >= 11 is 1.32. The molecule has 20 heavy (non-hydrogen) atoms. The van der Waals surface area contributed by atoms with E-state index in [0.717, 1.165) is 17.0 Å². The van der Waals surface area contributed by atoms with Gasteiger partial charge in [0.2, 0.25) is 10.0 Å². The summed E-state index contributed by atoms with van der Waals surface area (Å²) in [4.78, 5) is 13.0. The van der Waals surface area contributed by atoms with Crippen LogP contribution in [0.3, 0.4) is 0 Å². The Morgan fingerprint density at radius 3 is 2.85 bits per heavy atom. The Bertz CT molecular complexity index is 647. The Morgan fingerprint density at radius 1 is 1.45 bits per heavy atom. The number of ether oxygens (including phenoxy) is 1. The van der Waals surface area contributed by atoms with E-state index in [1.165, 1.54) is 18.4 Å². The van der Waals surface area contributed by atoms with Crippen molar-refractivity contribution in [1.82, 2.24) is 5.32 Å². The van der Waals surface area contributed by atoms with Crippen LogP contribution in [0, 0.1) is 0 Å². The van der Waals surface area contributed by atoms with Gasteiger partial charge in [-0.3, -0.25) is 4.72 Å². The van der Waals surface area contributed by atoms with Gasteiger partial charge in [0.1, 0.15) is 5.00 Å². The van der Waals surface area contributed by atoms with Crippen molar-refractivity contribution in [2.45, 2.75) is 31.1 Å². The van der Waals surface area contributed by atoms with Gasteiger partial charge in [0, 0.05) is 11.4 Å². The van der Waals surface area contributed by atoms with E-state index in [-0.39, 0.29) is 5.25 Å². The average molecular weight is 316 g/mol. The molecule has 0 unspecified atom stereocenters. The van der Waals surface area contributed by atoms with Gasteiger partial charge in [-0.2, -0.15) is 0 Å². The highest BCUT2D eigenvalue weighted by Crippen LogP contribution is 2.38. The summed E-state index contributed by atoms with van der Waals surface area (Å²) < 4.78 is 31.5. The summed E-state index contributed by atoms with van der Waals surface area (Å²) in [6, 6.07) is 0. The first-order valence-corrected chi connectivity index (χ1v) is 8.84. The van der Waals surface area contributed by atoms with Crippen molar-refractivity contribution in [3.05, 3.63) is 16.0 Å². The first-order chi connectivity index (χ1) is 9.53. The van der Waals surface area contributed by atoms with Gasteiger partial charge in [-0.15, -0.1) is 11.3 Å². The lowest BCUT2D eigenvalue weighted by molar-refractivity contribution is 0.0601. The maximum absolute atomic E-state index is 12.1. The van der Waals surface area contributed by atoms with E-state index in [0.29, 0.717) is 36.4 Å². The Morgan fingerprint density at radius 2 is 2.20 bits per heavy atom. The maximum Gasteiger partial charge on any atom is 0.341 e. The lowest BCUT2D eigenvalue weighted by Gasteiger charge is -2.13.